The monoisotopic (exact) mass is 215 g/mol. The van der Waals surface area contributed by atoms with Crippen LogP contribution in [-0.2, 0) is 4.74 Å². The third kappa shape index (κ3) is 4.49. The molecule has 1 unspecified atom stereocenters. The molecule has 1 fully saturated rings. The average Bonchev–Trinajstić information content (AvgIpc) is 2.13. The van der Waals surface area contributed by atoms with E-state index >= 15 is 0 Å². The normalized spacial score (nSPS) is 24.0. The Balaban J connectivity index is 2.19. The van der Waals surface area contributed by atoms with Crippen molar-refractivity contribution in [3.63, 3.8) is 0 Å². The molecule has 1 atom stereocenters. The Labute approximate surface area is 93.4 Å². The molecule has 1 N–H and O–H groups in total. The predicted octanol–water partition coefficient (Wildman–Crippen LogP) is 1.65. The van der Waals surface area contributed by atoms with Crippen molar-refractivity contribution in [1.82, 2.24) is 4.90 Å². The summed E-state index contributed by atoms with van der Waals surface area (Å²) in [6, 6.07) is 0. The van der Waals surface area contributed by atoms with Crippen LogP contribution in [0.15, 0.2) is 0 Å². The van der Waals surface area contributed by atoms with Crippen LogP contribution >= 0.6 is 0 Å². The van der Waals surface area contributed by atoms with Crippen LogP contribution in [0.25, 0.3) is 0 Å². The van der Waals surface area contributed by atoms with Gasteiger partial charge in [0.05, 0.1) is 19.3 Å². The predicted molar refractivity (Wildman–Crippen MR) is 62.0 cm³/mol. The van der Waals surface area contributed by atoms with Crippen molar-refractivity contribution in [2.45, 2.75) is 51.7 Å². The van der Waals surface area contributed by atoms with E-state index in [4.69, 9.17) is 9.84 Å². The van der Waals surface area contributed by atoms with Crippen molar-refractivity contribution < 1.29 is 9.84 Å². The van der Waals surface area contributed by atoms with E-state index in [9.17, 15) is 0 Å². The van der Waals surface area contributed by atoms with E-state index in [1.807, 2.05) is 6.92 Å². The fraction of sp³-hybridized carbons (Fsp3) is 1.00. The molecule has 0 radical (unpaired) electrons. The number of aliphatic hydroxyl groups is 1. The third-order valence-electron chi connectivity index (χ3n) is 3.12. The number of rotatable bonds is 5. The Morgan fingerprint density at radius 3 is 2.73 bits per heavy atom. The molecule has 1 rings (SSSR count). The van der Waals surface area contributed by atoms with E-state index in [1.54, 1.807) is 0 Å². The molecule has 1 saturated heterocycles. The molecule has 90 valence electrons. The van der Waals surface area contributed by atoms with Crippen molar-refractivity contribution in [2.24, 2.45) is 0 Å². The summed E-state index contributed by atoms with van der Waals surface area (Å²) in [6.07, 6.45) is 3.06. The SMILES string of the molecule is CC(O)CCCCN1CCOCC1(C)C. The number of unbranched alkanes of at least 4 members (excludes halogenated alkanes) is 1. The van der Waals surface area contributed by atoms with E-state index in [2.05, 4.69) is 18.7 Å². The van der Waals surface area contributed by atoms with Crippen LogP contribution in [0, 0.1) is 0 Å². The number of hydrogen-bond donors (Lipinski definition) is 1. The smallest absolute Gasteiger partial charge is 0.0645 e. The van der Waals surface area contributed by atoms with Gasteiger partial charge in [-0.2, -0.15) is 0 Å². The first kappa shape index (κ1) is 12.9. The van der Waals surface area contributed by atoms with Crippen LogP contribution in [0.1, 0.15) is 40.0 Å². The van der Waals surface area contributed by atoms with Gasteiger partial charge in [-0.1, -0.05) is 0 Å². The molecular formula is C12H25NO2. The quantitative estimate of drug-likeness (QED) is 0.708. The molecule has 3 heteroatoms. The third-order valence-corrected chi connectivity index (χ3v) is 3.12. The Hall–Kier alpha value is -0.120. The number of ether oxygens (including phenoxy) is 1. The Bertz CT molecular complexity index is 180. The van der Waals surface area contributed by atoms with Crippen LogP contribution in [0.5, 0.6) is 0 Å². The molecule has 3 nitrogen and oxygen atoms in total. The van der Waals surface area contributed by atoms with Gasteiger partial charge >= 0.3 is 0 Å². The van der Waals surface area contributed by atoms with Crippen LogP contribution in [0.2, 0.25) is 0 Å². The molecule has 0 aromatic heterocycles. The lowest BCUT2D eigenvalue weighted by molar-refractivity contribution is -0.0515. The fourth-order valence-corrected chi connectivity index (χ4v) is 2.05. The van der Waals surface area contributed by atoms with Gasteiger partial charge in [-0.25, -0.2) is 0 Å². The maximum absolute atomic E-state index is 9.16. The first-order chi connectivity index (χ1) is 7.02. The van der Waals surface area contributed by atoms with Gasteiger partial charge in [0.25, 0.3) is 0 Å². The summed E-state index contributed by atoms with van der Waals surface area (Å²) in [7, 11) is 0. The summed E-state index contributed by atoms with van der Waals surface area (Å²) in [4.78, 5) is 2.50. The van der Waals surface area contributed by atoms with Gasteiger partial charge in [0, 0.05) is 12.1 Å². The lowest BCUT2D eigenvalue weighted by Gasteiger charge is -2.42. The molecule has 0 amide bonds. The minimum Gasteiger partial charge on any atom is -0.393 e. The molecule has 0 aromatic rings. The van der Waals surface area contributed by atoms with Gasteiger partial charge in [0.2, 0.25) is 0 Å². The van der Waals surface area contributed by atoms with Crippen molar-refractivity contribution in [1.29, 1.82) is 0 Å². The zero-order chi connectivity index (χ0) is 11.3. The Morgan fingerprint density at radius 1 is 1.40 bits per heavy atom. The molecule has 15 heavy (non-hydrogen) atoms. The van der Waals surface area contributed by atoms with E-state index in [-0.39, 0.29) is 11.6 Å². The molecule has 1 aliphatic heterocycles. The van der Waals surface area contributed by atoms with Crippen LogP contribution < -0.4 is 0 Å². The highest BCUT2D eigenvalue weighted by atomic mass is 16.5. The molecule has 0 aromatic carbocycles. The van der Waals surface area contributed by atoms with Crippen LogP contribution in [0.3, 0.4) is 0 Å². The highest BCUT2D eigenvalue weighted by Crippen LogP contribution is 2.19. The summed E-state index contributed by atoms with van der Waals surface area (Å²) in [6.45, 7) is 10.2. The molecule has 0 bridgehead atoms. The largest absolute Gasteiger partial charge is 0.393 e. The standard InChI is InChI=1S/C12H25NO2/c1-11(14)6-4-5-7-13-8-9-15-10-12(13,2)3/h11,14H,4-10H2,1-3H3. The second-order valence-corrected chi connectivity index (χ2v) is 5.20. The first-order valence-electron chi connectivity index (χ1n) is 6.03. The topological polar surface area (TPSA) is 32.7 Å². The van der Waals surface area contributed by atoms with Crippen LogP contribution in [-0.4, -0.2) is 48.0 Å². The van der Waals surface area contributed by atoms with Gasteiger partial charge in [0.1, 0.15) is 0 Å². The summed E-state index contributed by atoms with van der Waals surface area (Å²) in [5.41, 5.74) is 0.184. The number of nitrogens with zero attached hydrogens (tertiary/aromatic N) is 1. The van der Waals surface area contributed by atoms with Gasteiger partial charge in [-0.3, -0.25) is 4.90 Å². The van der Waals surface area contributed by atoms with Crippen molar-refractivity contribution in [3.05, 3.63) is 0 Å². The first-order valence-corrected chi connectivity index (χ1v) is 6.03. The van der Waals surface area contributed by atoms with Crippen LogP contribution in [0.4, 0.5) is 0 Å². The summed E-state index contributed by atoms with van der Waals surface area (Å²) in [5.74, 6) is 0. The lowest BCUT2D eigenvalue weighted by Crippen LogP contribution is -2.53. The molecule has 0 spiro atoms. The van der Waals surface area contributed by atoms with E-state index in [0.717, 1.165) is 39.1 Å². The van der Waals surface area contributed by atoms with Gasteiger partial charge < -0.3 is 9.84 Å². The summed E-state index contributed by atoms with van der Waals surface area (Å²) in [5, 5.41) is 9.16. The Kier molecular flexibility index (Phi) is 5.03. The van der Waals surface area contributed by atoms with Crippen molar-refractivity contribution in [2.75, 3.05) is 26.3 Å². The number of aliphatic hydroxyl groups excluding tert-OH is 1. The second kappa shape index (κ2) is 5.83. The maximum Gasteiger partial charge on any atom is 0.0645 e. The number of hydrogen-bond acceptors (Lipinski definition) is 3. The molecule has 1 aliphatic rings. The minimum atomic E-state index is -0.150. The highest BCUT2D eigenvalue weighted by molar-refractivity contribution is 4.84. The zero-order valence-electron chi connectivity index (χ0n) is 10.3. The van der Waals surface area contributed by atoms with Crippen molar-refractivity contribution >= 4 is 0 Å². The zero-order valence-corrected chi connectivity index (χ0v) is 10.3. The number of morpholine rings is 1. The highest BCUT2D eigenvalue weighted by Gasteiger charge is 2.29. The Morgan fingerprint density at radius 2 is 2.13 bits per heavy atom. The second-order valence-electron chi connectivity index (χ2n) is 5.20. The maximum atomic E-state index is 9.16. The van der Waals surface area contributed by atoms with Crippen molar-refractivity contribution in [3.8, 4) is 0 Å². The van der Waals surface area contributed by atoms with Gasteiger partial charge in [-0.15, -0.1) is 0 Å². The van der Waals surface area contributed by atoms with Gasteiger partial charge in [0.15, 0.2) is 0 Å². The van der Waals surface area contributed by atoms with E-state index < -0.39 is 0 Å². The molecular weight excluding hydrogens is 190 g/mol. The molecule has 0 aliphatic carbocycles. The van der Waals surface area contributed by atoms with E-state index in [0.29, 0.717) is 0 Å². The van der Waals surface area contributed by atoms with E-state index in [1.165, 1.54) is 6.42 Å². The molecule has 1 heterocycles. The molecule has 0 saturated carbocycles. The summed E-state index contributed by atoms with van der Waals surface area (Å²) < 4.78 is 5.48. The summed E-state index contributed by atoms with van der Waals surface area (Å²) >= 11 is 0. The fourth-order valence-electron chi connectivity index (χ4n) is 2.05. The van der Waals surface area contributed by atoms with Gasteiger partial charge in [-0.05, 0) is 46.6 Å². The minimum absolute atomic E-state index is 0.150. The average molecular weight is 215 g/mol. The lowest BCUT2D eigenvalue weighted by atomic mass is 10.0.